The zero-order valence-corrected chi connectivity index (χ0v) is 17.3. The van der Waals surface area contributed by atoms with Gasteiger partial charge in [0.1, 0.15) is 0 Å². The largest absolute Gasteiger partial charge is 0.302 e. The zero-order chi connectivity index (χ0) is 19.9. The molecule has 0 unspecified atom stereocenters. The van der Waals surface area contributed by atoms with Crippen LogP contribution in [0.1, 0.15) is 12.5 Å². The molecule has 0 spiro atoms. The Kier molecular flexibility index (Phi) is 7.08. The van der Waals surface area contributed by atoms with Crippen molar-refractivity contribution in [3.05, 3.63) is 64.1 Å². The smallest absolute Gasteiger partial charge is 0.250 e. The van der Waals surface area contributed by atoms with Crippen LogP contribution in [0.4, 0.5) is 0 Å². The minimum absolute atomic E-state index is 0.165. The number of aromatic nitrogens is 3. The summed E-state index contributed by atoms with van der Waals surface area (Å²) >= 11 is 13.3. The normalized spacial score (nSPS) is 11.1. The predicted molar refractivity (Wildman–Crippen MR) is 114 cm³/mol. The van der Waals surface area contributed by atoms with Gasteiger partial charge in [0.05, 0.1) is 12.0 Å². The Bertz CT molecular complexity index is 988. The highest BCUT2D eigenvalue weighted by molar-refractivity contribution is 7.99. The summed E-state index contributed by atoms with van der Waals surface area (Å²) in [6.07, 6.45) is 1.51. The number of carbonyl (C=O) groups is 1. The third-order valence-corrected chi connectivity index (χ3v) is 5.33. The summed E-state index contributed by atoms with van der Waals surface area (Å²) in [6, 6.07) is 14.7. The van der Waals surface area contributed by atoms with Crippen LogP contribution >= 0.6 is 35.0 Å². The van der Waals surface area contributed by atoms with Gasteiger partial charge in [0.15, 0.2) is 11.0 Å². The number of carbonyl (C=O) groups excluding carboxylic acids is 1. The summed E-state index contributed by atoms with van der Waals surface area (Å²) in [6.45, 7) is 2.68. The van der Waals surface area contributed by atoms with Gasteiger partial charge in [0.2, 0.25) is 0 Å². The van der Waals surface area contributed by atoms with Crippen LogP contribution in [0.15, 0.2) is 58.8 Å². The lowest BCUT2D eigenvalue weighted by Gasteiger charge is -2.07. The van der Waals surface area contributed by atoms with Crippen molar-refractivity contribution >= 4 is 47.1 Å². The monoisotopic (exact) mass is 433 g/mol. The SMILES string of the molecule is CCn1c(SCC(=O)N/N=C\c2ccccc2Cl)nnc1-c1ccc(Cl)cc1. The summed E-state index contributed by atoms with van der Waals surface area (Å²) in [7, 11) is 0. The number of thioether (sulfide) groups is 1. The second-order valence-electron chi connectivity index (χ2n) is 5.66. The van der Waals surface area contributed by atoms with Crippen molar-refractivity contribution in [1.29, 1.82) is 0 Å². The molecule has 0 aliphatic rings. The van der Waals surface area contributed by atoms with Crippen LogP contribution in [0.3, 0.4) is 0 Å². The molecule has 0 saturated carbocycles. The number of nitrogens with zero attached hydrogens (tertiary/aromatic N) is 4. The average molecular weight is 434 g/mol. The lowest BCUT2D eigenvalue weighted by Crippen LogP contribution is -2.20. The fourth-order valence-electron chi connectivity index (χ4n) is 2.41. The molecule has 1 amide bonds. The highest BCUT2D eigenvalue weighted by Crippen LogP contribution is 2.25. The van der Waals surface area contributed by atoms with Crippen molar-refractivity contribution in [2.75, 3.05) is 5.75 Å². The molecule has 28 heavy (non-hydrogen) atoms. The van der Waals surface area contributed by atoms with Crippen LogP contribution in [0.25, 0.3) is 11.4 Å². The number of amides is 1. The van der Waals surface area contributed by atoms with Crippen LogP contribution in [0.5, 0.6) is 0 Å². The Morgan fingerprint density at radius 1 is 1.18 bits per heavy atom. The molecule has 1 aromatic heterocycles. The van der Waals surface area contributed by atoms with Crippen LogP contribution in [0, 0.1) is 0 Å². The van der Waals surface area contributed by atoms with Gasteiger partial charge in [-0.25, -0.2) is 5.43 Å². The maximum atomic E-state index is 12.1. The standard InChI is InChI=1S/C19H17Cl2N5OS/c1-2-26-18(13-7-9-15(20)10-8-13)24-25-19(26)28-12-17(27)23-22-11-14-5-3-4-6-16(14)21/h3-11H,2,12H2,1H3,(H,23,27)/b22-11-. The van der Waals surface area contributed by atoms with E-state index in [4.69, 9.17) is 23.2 Å². The maximum absolute atomic E-state index is 12.1. The van der Waals surface area contributed by atoms with Gasteiger partial charge in [-0.1, -0.05) is 53.2 Å². The number of rotatable bonds is 7. The fourth-order valence-corrected chi connectivity index (χ4v) is 3.51. The molecule has 0 radical (unpaired) electrons. The summed E-state index contributed by atoms with van der Waals surface area (Å²) in [5, 5.41) is 14.3. The molecule has 2 aromatic carbocycles. The van der Waals surface area contributed by atoms with Gasteiger partial charge >= 0.3 is 0 Å². The van der Waals surface area contributed by atoms with E-state index in [-0.39, 0.29) is 11.7 Å². The molecule has 0 fully saturated rings. The van der Waals surface area contributed by atoms with Crippen molar-refractivity contribution in [2.45, 2.75) is 18.6 Å². The van der Waals surface area contributed by atoms with Crippen molar-refractivity contribution in [3.63, 3.8) is 0 Å². The van der Waals surface area contributed by atoms with Crippen molar-refractivity contribution < 1.29 is 4.79 Å². The van der Waals surface area contributed by atoms with E-state index in [2.05, 4.69) is 20.7 Å². The Morgan fingerprint density at radius 2 is 1.93 bits per heavy atom. The Balaban J connectivity index is 1.60. The molecule has 3 rings (SSSR count). The molecule has 1 N–H and O–H groups in total. The van der Waals surface area contributed by atoms with E-state index in [1.54, 1.807) is 6.07 Å². The molecule has 0 aliphatic heterocycles. The van der Waals surface area contributed by atoms with E-state index in [9.17, 15) is 4.79 Å². The van der Waals surface area contributed by atoms with Gasteiger partial charge in [0.25, 0.3) is 5.91 Å². The molecule has 144 valence electrons. The first-order valence-corrected chi connectivity index (χ1v) is 10.2. The van der Waals surface area contributed by atoms with Crippen LogP contribution in [-0.4, -0.2) is 32.6 Å². The first-order valence-electron chi connectivity index (χ1n) is 8.47. The Morgan fingerprint density at radius 3 is 2.64 bits per heavy atom. The van der Waals surface area contributed by atoms with E-state index in [1.165, 1.54) is 18.0 Å². The molecular weight excluding hydrogens is 417 g/mol. The van der Waals surface area contributed by atoms with E-state index < -0.39 is 0 Å². The lowest BCUT2D eigenvalue weighted by atomic mass is 10.2. The molecule has 3 aromatic rings. The molecular formula is C19H17Cl2N5OS. The number of halogens is 2. The highest BCUT2D eigenvalue weighted by Gasteiger charge is 2.14. The van der Waals surface area contributed by atoms with Gasteiger partial charge < -0.3 is 4.57 Å². The number of hydrazone groups is 1. The Hall–Kier alpha value is -2.35. The summed E-state index contributed by atoms with van der Waals surface area (Å²) in [5.74, 6) is 0.657. The van der Waals surface area contributed by atoms with E-state index >= 15 is 0 Å². The number of benzene rings is 2. The van der Waals surface area contributed by atoms with Gasteiger partial charge in [-0.2, -0.15) is 5.10 Å². The first-order chi connectivity index (χ1) is 13.6. The highest BCUT2D eigenvalue weighted by atomic mass is 35.5. The topological polar surface area (TPSA) is 72.2 Å². The lowest BCUT2D eigenvalue weighted by molar-refractivity contribution is -0.118. The van der Waals surface area contributed by atoms with Crippen LogP contribution in [-0.2, 0) is 11.3 Å². The molecule has 1 heterocycles. The summed E-state index contributed by atoms with van der Waals surface area (Å²) in [5.41, 5.74) is 4.14. The molecule has 0 aliphatic carbocycles. The number of hydrogen-bond donors (Lipinski definition) is 1. The van der Waals surface area contributed by atoms with Crippen LogP contribution < -0.4 is 5.43 Å². The Labute approximate surface area is 177 Å². The first kappa shape index (κ1) is 20.4. The fraction of sp³-hybridized carbons (Fsp3) is 0.158. The second-order valence-corrected chi connectivity index (χ2v) is 7.45. The minimum atomic E-state index is -0.244. The van der Waals surface area contributed by atoms with Crippen LogP contribution in [0.2, 0.25) is 10.0 Å². The van der Waals surface area contributed by atoms with E-state index in [0.717, 1.165) is 17.0 Å². The van der Waals surface area contributed by atoms with Crippen molar-refractivity contribution in [3.8, 4) is 11.4 Å². The second kappa shape index (κ2) is 9.73. The van der Waals surface area contributed by atoms with E-state index in [0.29, 0.717) is 21.7 Å². The third-order valence-electron chi connectivity index (χ3n) is 3.77. The molecule has 6 nitrogen and oxygen atoms in total. The van der Waals surface area contributed by atoms with Gasteiger partial charge in [0, 0.05) is 27.7 Å². The van der Waals surface area contributed by atoms with Gasteiger partial charge in [-0.3, -0.25) is 4.79 Å². The van der Waals surface area contributed by atoms with Crippen molar-refractivity contribution in [1.82, 2.24) is 20.2 Å². The molecule has 0 saturated heterocycles. The molecule has 0 atom stereocenters. The van der Waals surface area contributed by atoms with Gasteiger partial charge in [-0.05, 0) is 37.3 Å². The van der Waals surface area contributed by atoms with Gasteiger partial charge in [-0.15, -0.1) is 10.2 Å². The minimum Gasteiger partial charge on any atom is -0.302 e. The number of hydrogen-bond acceptors (Lipinski definition) is 5. The van der Waals surface area contributed by atoms with Crippen molar-refractivity contribution in [2.24, 2.45) is 5.10 Å². The maximum Gasteiger partial charge on any atom is 0.250 e. The third kappa shape index (κ3) is 5.13. The van der Waals surface area contributed by atoms with E-state index in [1.807, 2.05) is 54.0 Å². The average Bonchev–Trinajstić information content (AvgIpc) is 3.11. The zero-order valence-electron chi connectivity index (χ0n) is 15.0. The molecule has 0 bridgehead atoms. The molecule has 9 heteroatoms. The summed E-state index contributed by atoms with van der Waals surface area (Å²) in [4.78, 5) is 12.1. The summed E-state index contributed by atoms with van der Waals surface area (Å²) < 4.78 is 1.95. The predicted octanol–water partition coefficient (Wildman–Crippen LogP) is 4.51. The quantitative estimate of drug-likeness (QED) is 0.337. The number of nitrogens with one attached hydrogen (secondary N) is 1.